The van der Waals surface area contributed by atoms with Crippen LogP contribution in [-0.2, 0) is 9.53 Å². The lowest BCUT2D eigenvalue weighted by Gasteiger charge is -2.12. The van der Waals surface area contributed by atoms with Crippen LogP contribution < -0.4 is 9.47 Å². The van der Waals surface area contributed by atoms with Crippen LogP contribution in [0.1, 0.15) is 6.92 Å². The average molecular weight is 357 g/mol. The number of benzene rings is 2. The zero-order valence-corrected chi connectivity index (χ0v) is 13.7. The van der Waals surface area contributed by atoms with Gasteiger partial charge in [0.15, 0.2) is 6.61 Å². The minimum absolute atomic E-state index is 0.129. The van der Waals surface area contributed by atoms with Gasteiger partial charge in [0.1, 0.15) is 33.0 Å². The van der Waals surface area contributed by atoms with Crippen LogP contribution in [0.3, 0.4) is 0 Å². The number of carbonyl (C=O) groups excluding carboxylic acids is 1. The summed E-state index contributed by atoms with van der Waals surface area (Å²) in [6.45, 7) is 1.72. The second kappa shape index (κ2) is 7.94. The summed E-state index contributed by atoms with van der Waals surface area (Å²) in [5, 5.41) is 9.53. The summed E-state index contributed by atoms with van der Waals surface area (Å²) in [5.41, 5.74) is 0. The minimum Gasteiger partial charge on any atom is -0.508 e. The zero-order valence-electron chi connectivity index (χ0n) is 12.2. The van der Waals surface area contributed by atoms with Gasteiger partial charge in [-0.25, -0.2) is 4.79 Å². The van der Waals surface area contributed by atoms with E-state index in [0.29, 0.717) is 11.5 Å². The fourth-order valence-electron chi connectivity index (χ4n) is 1.68. The number of phenols is 1. The fourth-order valence-corrected chi connectivity index (χ4v) is 2.09. The Kier molecular flexibility index (Phi) is 5.96. The van der Waals surface area contributed by atoms with Gasteiger partial charge in [0.2, 0.25) is 0 Å². The van der Waals surface area contributed by atoms with E-state index in [9.17, 15) is 9.90 Å². The largest absolute Gasteiger partial charge is 0.508 e. The molecule has 0 aromatic heterocycles. The lowest BCUT2D eigenvalue weighted by Crippen LogP contribution is -2.14. The Morgan fingerprint density at radius 2 is 1.65 bits per heavy atom. The first-order valence-corrected chi connectivity index (χ1v) is 7.50. The van der Waals surface area contributed by atoms with Crippen LogP contribution in [-0.4, -0.2) is 24.3 Å². The summed E-state index contributed by atoms with van der Waals surface area (Å²) >= 11 is 12.3. The SMILES string of the molecule is CCOC(=O)COc1ccc(Oc2ccc(O)cc2)c(Cl)c1Cl. The van der Waals surface area contributed by atoms with E-state index in [2.05, 4.69) is 0 Å². The predicted octanol–water partition coefficient (Wildman–Crippen LogP) is 4.43. The highest BCUT2D eigenvalue weighted by molar-refractivity contribution is 6.43. The van der Waals surface area contributed by atoms with E-state index in [1.54, 1.807) is 31.2 Å². The van der Waals surface area contributed by atoms with Gasteiger partial charge in [-0.1, -0.05) is 23.2 Å². The molecule has 0 aliphatic carbocycles. The Hall–Kier alpha value is -2.11. The van der Waals surface area contributed by atoms with Crippen LogP contribution in [0.25, 0.3) is 0 Å². The zero-order chi connectivity index (χ0) is 16.8. The minimum atomic E-state index is -0.496. The van der Waals surface area contributed by atoms with Gasteiger partial charge in [-0.05, 0) is 43.3 Å². The van der Waals surface area contributed by atoms with E-state index < -0.39 is 5.97 Å². The molecule has 0 heterocycles. The lowest BCUT2D eigenvalue weighted by atomic mass is 10.3. The van der Waals surface area contributed by atoms with Gasteiger partial charge in [-0.15, -0.1) is 0 Å². The smallest absolute Gasteiger partial charge is 0.344 e. The highest BCUT2D eigenvalue weighted by atomic mass is 35.5. The maximum Gasteiger partial charge on any atom is 0.344 e. The Labute approximate surface area is 143 Å². The van der Waals surface area contributed by atoms with E-state index in [0.717, 1.165) is 0 Å². The molecule has 0 saturated heterocycles. The lowest BCUT2D eigenvalue weighted by molar-refractivity contribution is -0.145. The number of hydrogen-bond donors (Lipinski definition) is 1. The molecule has 2 aromatic carbocycles. The Balaban J connectivity index is 2.10. The highest BCUT2D eigenvalue weighted by Crippen LogP contribution is 2.40. The van der Waals surface area contributed by atoms with E-state index in [1.165, 1.54) is 12.1 Å². The van der Waals surface area contributed by atoms with Crippen LogP contribution in [0.4, 0.5) is 0 Å². The normalized spacial score (nSPS) is 10.2. The van der Waals surface area contributed by atoms with Crippen LogP contribution in [0.2, 0.25) is 10.0 Å². The number of hydrogen-bond acceptors (Lipinski definition) is 5. The number of carbonyl (C=O) groups is 1. The third kappa shape index (κ3) is 4.68. The summed E-state index contributed by atoms with van der Waals surface area (Å²) < 4.78 is 15.6. The van der Waals surface area contributed by atoms with Crippen molar-refractivity contribution in [2.45, 2.75) is 6.92 Å². The molecule has 0 fully saturated rings. The molecule has 0 aliphatic rings. The maximum atomic E-state index is 11.3. The predicted molar refractivity (Wildman–Crippen MR) is 86.8 cm³/mol. The molecule has 2 rings (SSSR count). The first-order chi connectivity index (χ1) is 11.0. The molecule has 5 nitrogen and oxygen atoms in total. The van der Waals surface area contributed by atoms with Crippen molar-refractivity contribution >= 4 is 29.2 Å². The molecule has 1 N–H and O–H groups in total. The summed E-state index contributed by atoms with van der Waals surface area (Å²) in [6.07, 6.45) is 0. The molecule has 2 aromatic rings. The molecule has 0 saturated carbocycles. The summed E-state index contributed by atoms with van der Waals surface area (Å²) in [5.74, 6) is 0.697. The molecule has 0 amide bonds. The maximum absolute atomic E-state index is 11.3. The van der Waals surface area contributed by atoms with Gasteiger partial charge >= 0.3 is 5.97 Å². The van der Waals surface area contributed by atoms with Crippen molar-refractivity contribution in [3.8, 4) is 23.0 Å². The van der Waals surface area contributed by atoms with Crippen molar-refractivity contribution < 1.29 is 24.1 Å². The summed E-state index contributed by atoms with van der Waals surface area (Å²) in [6, 6.07) is 9.27. The molecule has 0 spiro atoms. The van der Waals surface area contributed by atoms with E-state index in [4.69, 9.17) is 37.4 Å². The molecule has 0 unspecified atom stereocenters. The first-order valence-electron chi connectivity index (χ1n) is 6.74. The number of phenolic OH excluding ortho intramolecular Hbond substituents is 1. The quantitative estimate of drug-likeness (QED) is 0.775. The van der Waals surface area contributed by atoms with Crippen LogP contribution >= 0.6 is 23.2 Å². The van der Waals surface area contributed by atoms with Gasteiger partial charge in [-0.3, -0.25) is 0 Å². The third-order valence-electron chi connectivity index (χ3n) is 2.73. The number of rotatable bonds is 6. The first kappa shape index (κ1) is 17.2. The van der Waals surface area contributed by atoms with Crippen LogP contribution in [0.15, 0.2) is 36.4 Å². The van der Waals surface area contributed by atoms with Gasteiger partial charge in [-0.2, -0.15) is 0 Å². The van der Waals surface area contributed by atoms with Crippen molar-refractivity contribution in [2.24, 2.45) is 0 Å². The van der Waals surface area contributed by atoms with Crippen LogP contribution in [0, 0.1) is 0 Å². The number of esters is 1. The van der Waals surface area contributed by atoms with Crippen LogP contribution in [0.5, 0.6) is 23.0 Å². The van der Waals surface area contributed by atoms with Gasteiger partial charge < -0.3 is 19.3 Å². The van der Waals surface area contributed by atoms with Gasteiger partial charge in [0.25, 0.3) is 0 Å². The fraction of sp³-hybridized carbons (Fsp3) is 0.188. The number of halogens is 2. The second-order valence-corrected chi connectivity index (χ2v) is 5.14. The molecule has 0 radical (unpaired) electrons. The Morgan fingerprint density at radius 3 is 2.30 bits per heavy atom. The van der Waals surface area contributed by atoms with Crippen molar-refractivity contribution in [3.63, 3.8) is 0 Å². The molecule has 122 valence electrons. The van der Waals surface area contributed by atoms with Crippen molar-refractivity contribution in [1.29, 1.82) is 0 Å². The Morgan fingerprint density at radius 1 is 1.04 bits per heavy atom. The second-order valence-electron chi connectivity index (χ2n) is 4.38. The molecular formula is C16H14Cl2O5. The van der Waals surface area contributed by atoms with Crippen molar-refractivity contribution in [2.75, 3.05) is 13.2 Å². The summed E-state index contributed by atoms with van der Waals surface area (Å²) in [7, 11) is 0. The number of aromatic hydroxyl groups is 1. The molecule has 0 aliphatic heterocycles. The molecule has 7 heteroatoms. The van der Waals surface area contributed by atoms with Gasteiger partial charge in [0.05, 0.1) is 6.61 Å². The van der Waals surface area contributed by atoms with E-state index in [1.807, 2.05) is 0 Å². The highest BCUT2D eigenvalue weighted by Gasteiger charge is 2.14. The molecule has 23 heavy (non-hydrogen) atoms. The van der Waals surface area contributed by atoms with Crippen molar-refractivity contribution in [3.05, 3.63) is 46.4 Å². The average Bonchev–Trinajstić information content (AvgIpc) is 2.53. The van der Waals surface area contributed by atoms with E-state index in [-0.39, 0.29) is 34.8 Å². The topological polar surface area (TPSA) is 65.0 Å². The standard InChI is InChI=1S/C16H14Cl2O5/c1-2-21-14(20)9-22-12-7-8-13(16(18)15(12)17)23-11-5-3-10(19)4-6-11/h3-8,19H,2,9H2,1H3. The molecule has 0 bridgehead atoms. The third-order valence-corrected chi connectivity index (χ3v) is 3.57. The monoisotopic (exact) mass is 356 g/mol. The molecule has 0 atom stereocenters. The van der Waals surface area contributed by atoms with Crippen molar-refractivity contribution in [1.82, 2.24) is 0 Å². The van der Waals surface area contributed by atoms with Gasteiger partial charge in [0, 0.05) is 0 Å². The Bertz CT molecular complexity index is 686. The summed E-state index contributed by atoms with van der Waals surface area (Å²) in [4.78, 5) is 11.3. The number of ether oxygens (including phenoxy) is 3. The molecular weight excluding hydrogens is 343 g/mol. The van der Waals surface area contributed by atoms with E-state index >= 15 is 0 Å².